The van der Waals surface area contributed by atoms with Crippen LogP contribution in [-0.2, 0) is 21.9 Å². The molecule has 2 aromatic carbocycles. The Morgan fingerprint density at radius 3 is 2.55 bits per heavy atom. The smallest absolute Gasteiger partial charge is 0.242 e. The van der Waals surface area contributed by atoms with Gasteiger partial charge in [0.2, 0.25) is 11.8 Å². The van der Waals surface area contributed by atoms with E-state index in [-0.39, 0.29) is 17.9 Å². The maximum atomic E-state index is 13.3. The van der Waals surface area contributed by atoms with Crippen molar-refractivity contribution in [2.24, 2.45) is 0 Å². The summed E-state index contributed by atoms with van der Waals surface area (Å²) in [7, 11) is 1.62. The van der Waals surface area contributed by atoms with Crippen molar-refractivity contribution in [2.45, 2.75) is 63.4 Å². The largest absolute Gasteiger partial charge is 0.497 e. The van der Waals surface area contributed by atoms with Gasteiger partial charge in [-0.1, -0.05) is 55.1 Å². The van der Waals surface area contributed by atoms with Crippen molar-refractivity contribution < 1.29 is 14.3 Å². The van der Waals surface area contributed by atoms with Crippen LogP contribution < -0.4 is 10.1 Å². The summed E-state index contributed by atoms with van der Waals surface area (Å²) in [4.78, 5) is 28.0. The van der Waals surface area contributed by atoms with E-state index in [9.17, 15) is 9.59 Å². The molecule has 0 heterocycles. The Labute approximate surface area is 206 Å². The summed E-state index contributed by atoms with van der Waals surface area (Å²) >= 11 is 7.50. The molecule has 1 atom stereocenters. The summed E-state index contributed by atoms with van der Waals surface area (Å²) in [5, 5.41) is 3.87. The molecule has 1 aliphatic carbocycles. The first-order chi connectivity index (χ1) is 16.0. The van der Waals surface area contributed by atoms with Crippen LogP contribution in [0.25, 0.3) is 0 Å². The Hall–Kier alpha value is -2.18. The highest BCUT2D eigenvalue weighted by atomic mass is 35.5. The van der Waals surface area contributed by atoms with Gasteiger partial charge < -0.3 is 15.0 Å². The van der Waals surface area contributed by atoms with Crippen LogP contribution in [0.4, 0.5) is 0 Å². The predicted octanol–water partition coefficient (Wildman–Crippen LogP) is 5.45. The number of amides is 2. The van der Waals surface area contributed by atoms with Gasteiger partial charge in [0.05, 0.1) is 12.9 Å². The molecule has 3 rings (SSSR count). The zero-order chi connectivity index (χ0) is 23.6. The number of nitrogens with one attached hydrogen (secondary N) is 1. The molecule has 1 aliphatic rings. The fourth-order valence-electron chi connectivity index (χ4n) is 4.04. The molecular weight excluding hydrogens is 456 g/mol. The van der Waals surface area contributed by atoms with Gasteiger partial charge in [0.15, 0.2) is 0 Å². The standard InChI is InChI=1S/C26H33ClN2O3S/c1-19(26(31)28-23-8-4-3-5-9-23)29(16-21-7-6-10-24(15-21)32-2)25(30)18-33-17-20-11-13-22(27)14-12-20/h6-7,10-15,19,23H,3-5,8-9,16-18H2,1-2H3,(H,28,31)/t19-/m1/s1. The third-order valence-electron chi connectivity index (χ3n) is 6.01. The van der Waals surface area contributed by atoms with Crippen LogP contribution in [-0.4, -0.2) is 41.7 Å². The predicted molar refractivity (Wildman–Crippen MR) is 136 cm³/mol. The number of carbonyl (C=O) groups is 2. The molecule has 0 aromatic heterocycles. The Bertz CT molecular complexity index is 916. The second kappa shape index (κ2) is 12.9. The lowest BCUT2D eigenvalue weighted by Gasteiger charge is -2.31. The summed E-state index contributed by atoms with van der Waals surface area (Å²) < 4.78 is 5.33. The van der Waals surface area contributed by atoms with Crippen molar-refractivity contribution in [3.05, 3.63) is 64.7 Å². The van der Waals surface area contributed by atoms with E-state index >= 15 is 0 Å². The molecule has 2 amide bonds. The van der Waals surface area contributed by atoms with E-state index in [1.165, 1.54) is 6.42 Å². The SMILES string of the molecule is COc1cccc(CN(C(=O)CSCc2ccc(Cl)cc2)[C@H](C)C(=O)NC2CCCCC2)c1. The summed E-state index contributed by atoms with van der Waals surface area (Å²) in [5.41, 5.74) is 2.04. The highest BCUT2D eigenvalue weighted by Gasteiger charge is 2.28. The van der Waals surface area contributed by atoms with Crippen LogP contribution in [0, 0.1) is 0 Å². The molecule has 1 fully saturated rings. The van der Waals surface area contributed by atoms with Gasteiger partial charge in [0, 0.05) is 23.4 Å². The molecule has 1 saturated carbocycles. The number of methoxy groups -OCH3 is 1. The first-order valence-electron chi connectivity index (χ1n) is 11.5. The number of ether oxygens (including phenoxy) is 1. The highest BCUT2D eigenvalue weighted by molar-refractivity contribution is 7.99. The van der Waals surface area contributed by atoms with Gasteiger partial charge in [-0.05, 0) is 55.2 Å². The average molecular weight is 489 g/mol. The van der Waals surface area contributed by atoms with E-state index in [4.69, 9.17) is 16.3 Å². The molecule has 1 N–H and O–H groups in total. The fourth-order valence-corrected chi connectivity index (χ4v) is 5.04. The Kier molecular flexibility index (Phi) is 9.95. The summed E-state index contributed by atoms with van der Waals surface area (Å²) in [5.74, 6) is 1.60. The maximum Gasteiger partial charge on any atom is 0.242 e. The van der Waals surface area contributed by atoms with Gasteiger partial charge in [0.25, 0.3) is 0 Å². The number of thioether (sulfide) groups is 1. The number of benzene rings is 2. The van der Waals surface area contributed by atoms with Gasteiger partial charge >= 0.3 is 0 Å². The molecule has 0 spiro atoms. The molecule has 0 unspecified atom stereocenters. The average Bonchev–Trinajstić information content (AvgIpc) is 2.84. The van der Waals surface area contributed by atoms with E-state index in [1.807, 2.05) is 55.5 Å². The molecule has 5 nitrogen and oxygen atoms in total. The molecule has 33 heavy (non-hydrogen) atoms. The fraction of sp³-hybridized carbons (Fsp3) is 0.462. The highest BCUT2D eigenvalue weighted by Crippen LogP contribution is 2.21. The molecule has 7 heteroatoms. The Balaban J connectivity index is 1.66. The minimum atomic E-state index is -0.554. The van der Waals surface area contributed by atoms with Crippen molar-refractivity contribution in [1.29, 1.82) is 0 Å². The molecule has 2 aromatic rings. The van der Waals surface area contributed by atoms with Crippen molar-refractivity contribution in [3.63, 3.8) is 0 Å². The number of hydrogen-bond donors (Lipinski definition) is 1. The van der Waals surface area contributed by atoms with E-state index in [0.29, 0.717) is 23.1 Å². The monoisotopic (exact) mass is 488 g/mol. The molecule has 0 bridgehead atoms. The van der Waals surface area contributed by atoms with Gasteiger partial charge in [-0.25, -0.2) is 0 Å². The molecule has 0 saturated heterocycles. The number of hydrogen-bond acceptors (Lipinski definition) is 4. The van der Waals surface area contributed by atoms with Gasteiger partial charge in [-0.3, -0.25) is 9.59 Å². The third kappa shape index (κ3) is 7.97. The topological polar surface area (TPSA) is 58.6 Å². The first kappa shape index (κ1) is 25.4. The van der Waals surface area contributed by atoms with Crippen LogP contribution in [0.3, 0.4) is 0 Å². The van der Waals surface area contributed by atoms with Crippen LogP contribution in [0.15, 0.2) is 48.5 Å². The first-order valence-corrected chi connectivity index (χ1v) is 13.0. The van der Waals surface area contributed by atoms with E-state index in [0.717, 1.165) is 42.6 Å². The molecule has 0 aliphatic heterocycles. The zero-order valence-electron chi connectivity index (χ0n) is 19.4. The van der Waals surface area contributed by atoms with Crippen LogP contribution in [0.5, 0.6) is 5.75 Å². The summed E-state index contributed by atoms with van der Waals surface area (Å²) in [6, 6.07) is 14.9. The van der Waals surface area contributed by atoms with Crippen LogP contribution >= 0.6 is 23.4 Å². The number of rotatable bonds is 10. The summed E-state index contributed by atoms with van der Waals surface area (Å²) in [6.45, 7) is 2.18. The maximum absolute atomic E-state index is 13.3. The quantitative estimate of drug-likeness (QED) is 0.483. The normalized spacial score (nSPS) is 15.0. The van der Waals surface area contributed by atoms with Crippen molar-refractivity contribution >= 4 is 35.2 Å². The summed E-state index contributed by atoms with van der Waals surface area (Å²) in [6.07, 6.45) is 5.55. The lowest BCUT2D eigenvalue weighted by atomic mass is 9.95. The third-order valence-corrected chi connectivity index (χ3v) is 7.25. The number of carbonyl (C=O) groups excluding carboxylic acids is 2. The second-order valence-electron chi connectivity index (χ2n) is 8.51. The molecular formula is C26H33ClN2O3S. The van der Waals surface area contributed by atoms with Gasteiger partial charge in [-0.15, -0.1) is 11.8 Å². The lowest BCUT2D eigenvalue weighted by molar-refractivity contribution is -0.139. The molecule has 178 valence electrons. The van der Waals surface area contributed by atoms with Crippen molar-refractivity contribution in [2.75, 3.05) is 12.9 Å². The van der Waals surface area contributed by atoms with E-state index in [2.05, 4.69) is 5.32 Å². The Morgan fingerprint density at radius 1 is 1.12 bits per heavy atom. The van der Waals surface area contributed by atoms with Gasteiger partial charge in [-0.2, -0.15) is 0 Å². The zero-order valence-corrected chi connectivity index (χ0v) is 21.0. The minimum absolute atomic E-state index is 0.0527. The van der Waals surface area contributed by atoms with Crippen molar-refractivity contribution in [3.8, 4) is 5.75 Å². The Morgan fingerprint density at radius 2 is 1.85 bits per heavy atom. The van der Waals surface area contributed by atoms with Crippen LogP contribution in [0.1, 0.15) is 50.2 Å². The number of nitrogens with zero attached hydrogens (tertiary/aromatic N) is 1. The minimum Gasteiger partial charge on any atom is -0.497 e. The van der Waals surface area contributed by atoms with Gasteiger partial charge in [0.1, 0.15) is 11.8 Å². The van der Waals surface area contributed by atoms with Crippen molar-refractivity contribution in [1.82, 2.24) is 10.2 Å². The second-order valence-corrected chi connectivity index (χ2v) is 9.93. The van der Waals surface area contributed by atoms with Crippen LogP contribution in [0.2, 0.25) is 5.02 Å². The molecule has 0 radical (unpaired) electrons. The van der Waals surface area contributed by atoms with E-state index < -0.39 is 6.04 Å². The van der Waals surface area contributed by atoms with E-state index in [1.54, 1.807) is 23.8 Å². The number of halogens is 1. The lowest BCUT2D eigenvalue weighted by Crippen LogP contribution is -2.50.